The third kappa shape index (κ3) is 3.78. The Labute approximate surface area is 153 Å². The number of aromatic nitrogens is 2. The van der Waals surface area contributed by atoms with Crippen molar-refractivity contribution in [3.63, 3.8) is 0 Å². The third-order valence-corrected chi connectivity index (χ3v) is 4.60. The van der Waals surface area contributed by atoms with Crippen molar-refractivity contribution < 1.29 is 4.39 Å². The normalized spacial score (nSPS) is 14.8. The van der Waals surface area contributed by atoms with Gasteiger partial charge in [-0.05, 0) is 32.9 Å². The molecule has 0 bridgehead atoms. The second-order valence-corrected chi connectivity index (χ2v) is 6.44. The van der Waals surface area contributed by atoms with E-state index in [-0.39, 0.29) is 11.4 Å². The number of piperazine rings is 1. The SMILES string of the molecule is CC#CCN1CCN(c2ccc(-n3c(C)nc(C)cc3=O)cc2F)CC1. The summed E-state index contributed by atoms with van der Waals surface area (Å²) in [6.07, 6.45) is 0. The Balaban J connectivity index is 1.81. The van der Waals surface area contributed by atoms with Crippen molar-refractivity contribution in [2.75, 3.05) is 37.6 Å². The average molecular weight is 354 g/mol. The number of hydrogen-bond donors (Lipinski definition) is 0. The van der Waals surface area contributed by atoms with Gasteiger partial charge in [0, 0.05) is 44.0 Å². The number of anilines is 1. The summed E-state index contributed by atoms with van der Waals surface area (Å²) in [5.41, 5.74) is 1.53. The molecular weight excluding hydrogens is 331 g/mol. The van der Waals surface area contributed by atoms with Gasteiger partial charge < -0.3 is 4.90 Å². The van der Waals surface area contributed by atoms with E-state index in [0.29, 0.717) is 22.9 Å². The maximum Gasteiger partial charge on any atom is 0.258 e. The molecule has 1 aliphatic rings. The lowest BCUT2D eigenvalue weighted by atomic mass is 10.2. The first-order chi connectivity index (χ1) is 12.5. The van der Waals surface area contributed by atoms with Crippen LogP contribution in [-0.4, -0.2) is 47.2 Å². The molecule has 5 nitrogen and oxygen atoms in total. The predicted octanol–water partition coefficient (Wildman–Crippen LogP) is 2.13. The van der Waals surface area contributed by atoms with Crippen LogP contribution < -0.4 is 10.5 Å². The van der Waals surface area contributed by atoms with E-state index in [0.717, 1.165) is 32.7 Å². The molecule has 1 aliphatic heterocycles. The molecule has 0 saturated carbocycles. The van der Waals surface area contributed by atoms with E-state index in [1.165, 1.54) is 16.7 Å². The van der Waals surface area contributed by atoms with E-state index in [4.69, 9.17) is 0 Å². The van der Waals surface area contributed by atoms with Gasteiger partial charge in [-0.25, -0.2) is 9.37 Å². The number of halogens is 1. The molecule has 0 aliphatic carbocycles. The smallest absolute Gasteiger partial charge is 0.258 e. The van der Waals surface area contributed by atoms with Crippen LogP contribution in [0.15, 0.2) is 29.1 Å². The Morgan fingerprint density at radius 3 is 2.50 bits per heavy atom. The van der Waals surface area contributed by atoms with Crippen LogP contribution in [0.3, 0.4) is 0 Å². The summed E-state index contributed by atoms with van der Waals surface area (Å²) in [6.45, 7) is 9.34. The molecule has 2 aromatic rings. The highest BCUT2D eigenvalue weighted by atomic mass is 19.1. The van der Waals surface area contributed by atoms with Crippen molar-refractivity contribution in [2.24, 2.45) is 0 Å². The second-order valence-electron chi connectivity index (χ2n) is 6.44. The van der Waals surface area contributed by atoms with Crippen molar-refractivity contribution >= 4 is 5.69 Å². The summed E-state index contributed by atoms with van der Waals surface area (Å²) in [6, 6.07) is 6.39. The Hall–Kier alpha value is -2.65. The van der Waals surface area contributed by atoms with Crippen molar-refractivity contribution in [1.82, 2.24) is 14.5 Å². The molecule has 0 N–H and O–H groups in total. The van der Waals surface area contributed by atoms with Gasteiger partial charge in [0.25, 0.3) is 5.56 Å². The maximum absolute atomic E-state index is 14.7. The summed E-state index contributed by atoms with van der Waals surface area (Å²) in [5.74, 6) is 6.20. The van der Waals surface area contributed by atoms with Crippen LogP contribution in [0.25, 0.3) is 5.69 Å². The molecule has 0 amide bonds. The fourth-order valence-corrected chi connectivity index (χ4v) is 3.28. The molecule has 0 spiro atoms. The standard InChI is InChI=1S/C20H23FN4O/c1-4-5-8-23-9-11-24(12-10-23)19-7-6-17(14-18(19)21)25-16(3)22-15(2)13-20(25)26/h6-7,13-14H,8-12H2,1-3H3. The first-order valence-electron chi connectivity index (χ1n) is 8.73. The summed E-state index contributed by atoms with van der Waals surface area (Å²) in [4.78, 5) is 20.9. The zero-order chi connectivity index (χ0) is 18.7. The molecule has 6 heteroatoms. The largest absolute Gasteiger partial charge is 0.367 e. The van der Waals surface area contributed by atoms with Gasteiger partial charge in [0.05, 0.1) is 17.9 Å². The molecule has 1 aromatic heterocycles. The number of rotatable bonds is 3. The molecule has 1 aromatic carbocycles. The molecule has 26 heavy (non-hydrogen) atoms. The van der Waals surface area contributed by atoms with Gasteiger partial charge in [-0.2, -0.15) is 0 Å². The van der Waals surface area contributed by atoms with Crippen LogP contribution in [0.4, 0.5) is 10.1 Å². The van der Waals surface area contributed by atoms with Crippen LogP contribution in [0.1, 0.15) is 18.4 Å². The van der Waals surface area contributed by atoms with Gasteiger partial charge in [-0.1, -0.05) is 5.92 Å². The van der Waals surface area contributed by atoms with Gasteiger partial charge in [0.15, 0.2) is 0 Å². The average Bonchev–Trinajstić information content (AvgIpc) is 2.60. The van der Waals surface area contributed by atoms with E-state index < -0.39 is 0 Å². The lowest BCUT2D eigenvalue weighted by Crippen LogP contribution is -2.46. The molecule has 0 atom stereocenters. The van der Waals surface area contributed by atoms with E-state index in [2.05, 4.69) is 21.7 Å². The van der Waals surface area contributed by atoms with Gasteiger partial charge in [0.2, 0.25) is 0 Å². The zero-order valence-electron chi connectivity index (χ0n) is 15.4. The summed E-state index contributed by atoms with van der Waals surface area (Å²) < 4.78 is 16.2. The van der Waals surface area contributed by atoms with Crippen molar-refractivity contribution in [3.8, 4) is 17.5 Å². The number of aryl methyl sites for hydroxylation is 2. The van der Waals surface area contributed by atoms with E-state index in [1.807, 2.05) is 11.8 Å². The predicted molar refractivity (Wildman–Crippen MR) is 101 cm³/mol. The molecule has 3 rings (SSSR count). The first-order valence-corrected chi connectivity index (χ1v) is 8.73. The lowest BCUT2D eigenvalue weighted by Gasteiger charge is -2.35. The van der Waals surface area contributed by atoms with Crippen molar-refractivity contribution in [2.45, 2.75) is 20.8 Å². The second kappa shape index (κ2) is 7.71. The van der Waals surface area contributed by atoms with Crippen LogP contribution in [-0.2, 0) is 0 Å². The Bertz CT molecular complexity index is 918. The van der Waals surface area contributed by atoms with Crippen LogP contribution in [0, 0.1) is 31.5 Å². The number of nitrogens with zero attached hydrogens (tertiary/aromatic N) is 4. The number of benzene rings is 1. The highest BCUT2D eigenvalue weighted by Crippen LogP contribution is 2.23. The van der Waals surface area contributed by atoms with Crippen LogP contribution in [0.2, 0.25) is 0 Å². The topological polar surface area (TPSA) is 41.4 Å². The maximum atomic E-state index is 14.7. The minimum atomic E-state index is -0.323. The van der Waals surface area contributed by atoms with Crippen molar-refractivity contribution in [3.05, 3.63) is 52.0 Å². The van der Waals surface area contributed by atoms with E-state index in [1.54, 1.807) is 26.0 Å². The van der Waals surface area contributed by atoms with E-state index >= 15 is 0 Å². The van der Waals surface area contributed by atoms with Crippen molar-refractivity contribution in [1.29, 1.82) is 0 Å². The molecule has 1 saturated heterocycles. The van der Waals surface area contributed by atoms with Gasteiger partial charge >= 0.3 is 0 Å². The van der Waals surface area contributed by atoms with Crippen LogP contribution >= 0.6 is 0 Å². The molecular formula is C20H23FN4O. The van der Waals surface area contributed by atoms with Crippen LogP contribution in [0.5, 0.6) is 0 Å². The fraction of sp³-hybridized carbons (Fsp3) is 0.400. The fourth-order valence-electron chi connectivity index (χ4n) is 3.28. The molecule has 1 fully saturated rings. The summed E-state index contributed by atoms with van der Waals surface area (Å²) in [5, 5.41) is 0. The third-order valence-electron chi connectivity index (χ3n) is 4.60. The summed E-state index contributed by atoms with van der Waals surface area (Å²) in [7, 11) is 0. The molecule has 0 radical (unpaired) electrons. The highest BCUT2D eigenvalue weighted by Gasteiger charge is 2.19. The monoisotopic (exact) mass is 354 g/mol. The van der Waals surface area contributed by atoms with Gasteiger partial charge in [-0.15, -0.1) is 5.92 Å². The Kier molecular flexibility index (Phi) is 5.38. The Morgan fingerprint density at radius 2 is 1.88 bits per heavy atom. The lowest BCUT2D eigenvalue weighted by molar-refractivity contribution is 0.287. The zero-order valence-corrected chi connectivity index (χ0v) is 15.4. The quantitative estimate of drug-likeness (QED) is 0.792. The minimum absolute atomic E-state index is 0.201. The first kappa shape index (κ1) is 18.2. The minimum Gasteiger partial charge on any atom is -0.367 e. The molecule has 136 valence electrons. The highest BCUT2D eigenvalue weighted by molar-refractivity contribution is 5.53. The Morgan fingerprint density at radius 1 is 1.15 bits per heavy atom. The molecule has 2 heterocycles. The molecule has 0 unspecified atom stereocenters. The number of hydrogen-bond acceptors (Lipinski definition) is 4. The van der Waals surface area contributed by atoms with Gasteiger partial charge in [0.1, 0.15) is 11.6 Å². The van der Waals surface area contributed by atoms with Gasteiger partial charge in [-0.3, -0.25) is 14.3 Å². The van der Waals surface area contributed by atoms with E-state index in [9.17, 15) is 9.18 Å². The summed E-state index contributed by atoms with van der Waals surface area (Å²) >= 11 is 0.